The minimum Gasteiger partial charge on any atom is -0.254 e. The van der Waals surface area contributed by atoms with Gasteiger partial charge in [0.25, 0.3) is 0 Å². The molecule has 0 aromatic carbocycles. The predicted molar refractivity (Wildman–Crippen MR) is 39.1 cm³/mol. The summed E-state index contributed by atoms with van der Waals surface area (Å²) in [5.74, 6) is 0.815. The van der Waals surface area contributed by atoms with Crippen LogP contribution in [0.3, 0.4) is 0 Å². The number of allylic oxidation sites excluding steroid dienone is 1. The first-order valence-corrected chi connectivity index (χ1v) is 3.74. The van der Waals surface area contributed by atoms with Gasteiger partial charge in [-0.05, 0) is 18.8 Å². The molecule has 0 heterocycles. The van der Waals surface area contributed by atoms with Gasteiger partial charge in [0.1, 0.15) is 0 Å². The monoisotopic (exact) mass is 124 g/mol. The van der Waals surface area contributed by atoms with Crippen molar-refractivity contribution in [2.24, 2.45) is 5.92 Å². The lowest BCUT2D eigenvalue weighted by molar-refractivity contribution is 0.684. The van der Waals surface area contributed by atoms with Gasteiger partial charge in [-0.1, -0.05) is 25.0 Å². The average molecular weight is 124 g/mol. The van der Waals surface area contributed by atoms with Crippen molar-refractivity contribution in [3.05, 3.63) is 12.2 Å². The van der Waals surface area contributed by atoms with E-state index in [-0.39, 0.29) is 0 Å². The van der Waals surface area contributed by atoms with E-state index >= 15 is 0 Å². The highest BCUT2D eigenvalue weighted by molar-refractivity contribution is 4.90. The van der Waals surface area contributed by atoms with E-state index in [0.29, 0.717) is 6.54 Å². The molecule has 1 aliphatic carbocycles. The molecule has 1 saturated carbocycles. The van der Waals surface area contributed by atoms with Crippen molar-refractivity contribution in [3.8, 4) is 0 Å². The lowest BCUT2D eigenvalue weighted by Crippen LogP contribution is -1.86. The third kappa shape index (κ3) is 2.19. The molecule has 0 bridgehead atoms. The fourth-order valence-corrected chi connectivity index (χ4v) is 1.41. The van der Waals surface area contributed by atoms with Crippen LogP contribution >= 0.6 is 0 Å². The van der Waals surface area contributed by atoms with Gasteiger partial charge in [-0.3, -0.25) is 5.73 Å². The second-order valence-corrected chi connectivity index (χ2v) is 2.68. The summed E-state index contributed by atoms with van der Waals surface area (Å²) in [4.78, 5) is 0. The van der Waals surface area contributed by atoms with Crippen molar-refractivity contribution >= 4 is 0 Å². The molecule has 0 aromatic rings. The highest BCUT2D eigenvalue weighted by Crippen LogP contribution is 2.25. The lowest BCUT2D eigenvalue weighted by Gasteiger charge is -1.97. The van der Waals surface area contributed by atoms with Gasteiger partial charge in [-0.15, -0.1) is 0 Å². The molecule has 0 aliphatic heterocycles. The van der Waals surface area contributed by atoms with Crippen LogP contribution < -0.4 is 5.73 Å². The molecule has 9 heavy (non-hydrogen) atoms. The van der Waals surface area contributed by atoms with Crippen LogP contribution in [0.1, 0.15) is 25.7 Å². The summed E-state index contributed by atoms with van der Waals surface area (Å²) in [6, 6.07) is 0. The van der Waals surface area contributed by atoms with Crippen LogP contribution in [0.4, 0.5) is 0 Å². The zero-order valence-electron chi connectivity index (χ0n) is 5.77. The quantitative estimate of drug-likeness (QED) is 0.503. The third-order valence-corrected chi connectivity index (χ3v) is 1.93. The molecule has 0 aromatic heterocycles. The first-order valence-electron chi connectivity index (χ1n) is 3.74. The summed E-state index contributed by atoms with van der Waals surface area (Å²) in [6.45, 7) is 0.455. The Kier molecular flexibility index (Phi) is 2.78. The summed E-state index contributed by atoms with van der Waals surface area (Å²) in [6.07, 6.45) is 9.68. The van der Waals surface area contributed by atoms with Crippen molar-refractivity contribution < 1.29 is 0 Å². The maximum absolute atomic E-state index is 6.88. The smallest absolute Gasteiger partial charge is 0.0281 e. The highest BCUT2D eigenvalue weighted by Gasteiger charge is 2.10. The fraction of sp³-hybridized carbons (Fsp3) is 0.750. The topological polar surface area (TPSA) is 23.8 Å². The molecule has 1 nitrogen and oxygen atoms in total. The van der Waals surface area contributed by atoms with E-state index in [1.165, 1.54) is 25.7 Å². The Morgan fingerprint density at radius 2 is 2.00 bits per heavy atom. The molecule has 0 atom stereocenters. The van der Waals surface area contributed by atoms with E-state index in [9.17, 15) is 0 Å². The standard InChI is InChI=1S/C8H14N/c9-7-3-6-8-4-1-2-5-8/h3,6,8-9H,1-2,4-5,7H2. The molecular weight excluding hydrogens is 110 g/mol. The summed E-state index contributed by atoms with van der Waals surface area (Å²) in [7, 11) is 0. The summed E-state index contributed by atoms with van der Waals surface area (Å²) >= 11 is 0. The Bertz CT molecular complexity index is 90.7. The van der Waals surface area contributed by atoms with Gasteiger partial charge < -0.3 is 0 Å². The number of hydrogen-bond donors (Lipinski definition) is 0. The molecule has 0 spiro atoms. The van der Waals surface area contributed by atoms with Gasteiger partial charge >= 0.3 is 0 Å². The molecule has 1 heteroatoms. The van der Waals surface area contributed by atoms with Gasteiger partial charge in [-0.25, -0.2) is 0 Å². The van der Waals surface area contributed by atoms with E-state index in [2.05, 4.69) is 6.08 Å². The van der Waals surface area contributed by atoms with Gasteiger partial charge in [0, 0.05) is 6.54 Å². The van der Waals surface area contributed by atoms with Crippen LogP contribution in [0.5, 0.6) is 0 Å². The molecule has 1 radical (unpaired) electrons. The van der Waals surface area contributed by atoms with Crippen LogP contribution in [-0.2, 0) is 0 Å². The summed E-state index contributed by atoms with van der Waals surface area (Å²) < 4.78 is 0. The average Bonchev–Trinajstić information content (AvgIpc) is 2.34. The minimum absolute atomic E-state index is 0.455. The first kappa shape index (κ1) is 6.81. The van der Waals surface area contributed by atoms with Gasteiger partial charge in [0.15, 0.2) is 0 Å². The van der Waals surface area contributed by atoms with Crippen molar-refractivity contribution in [2.75, 3.05) is 6.54 Å². The Labute approximate surface area is 56.9 Å². The molecule has 1 fully saturated rings. The zero-order valence-corrected chi connectivity index (χ0v) is 5.77. The predicted octanol–water partition coefficient (Wildman–Crippen LogP) is 2.02. The van der Waals surface area contributed by atoms with Crippen LogP contribution in [0.2, 0.25) is 0 Å². The number of nitrogens with one attached hydrogen (secondary N) is 1. The third-order valence-electron chi connectivity index (χ3n) is 1.93. The van der Waals surface area contributed by atoms with Crippen LogP contribution in [0.15, 0.2) is 12.2 Å². The van der Waals surface area contributed by atoms with E-state index < -0.39 is 0 Å². The van der Waals surface area contributed by atoms with Gasteiger partial charge in [0.2, 0.25) is 0 Å². The second kappa shape index (κ2) is 3.67. The van der Waals surface area contributed by atoms with Crippen LogP contribution in [0.25, 0.3) is 0 Å². The summed E-state index contributed by atoms with van der Waals surface area (Å²) in [5, 5.41) is 0. The van der Waals surface area contributed by atoms with Crippen molar-refractivity contribution in [2.45, 2.75) is 25.7 Å². The van der Waals surface area contributed by atoms with E-state index in [1.54, 1.807) is 0 Å². The molecule has 51 valence electrons. The minimum atomic E-state index is 0.455. The normalized spacial score (nSPS) is 21.9. The molecule has 1 rings (SSSR count). The maximum atomic E-state index is 6.88. The zero-order chi connectivity index (χ0) is 6.53. The van der Waals surface area contributed by atoms with E-state index in [0.717, 1.165) is 5.92 Å². The van der Waals surface area contributed by atoms with Crippen LogP contribution in [0, 0.1) is 5.92 Å². The Hall–Kier alpha value is -0.300. The van der Waals surface area contributed by atoms with Gasteiger partial charge in [-0.2, -0.15) is 0 Å². The van der Waals surface area contributed by atoms with Gasteiger partial charge in [0.05, 0.1) is 0 Å². The first-order chi connectivity index (χ1) is 4.43. The van der Waals surface area contributed by atoms with Crippen molar-refractivity contribution in [1.82, 2.24) is 5.73 Å². The SMILES string of the molecule is [NH]CC=CC1CCCC1. The molecule has 1 N–H and O–H groups in total. The molecular formula is C8H14N. The number of hydrogen-bond acceptors (Lipinski definition) is 0. The van der Waals surface area contributed by atoms with Crippen molar-refractivity contribution in [3.63, 3.8) is 0 Å². The maximum Gasteiger partial charge on any atom is 0.0281 e. The fourth-order valence-electron chi connectivity index (χ4n) is 1.41. The molecule has 0 amide bonds. The molecule has 0 saturated heterocycles. The Morgan fingerprint density at radius 1 is 1.33 bits per heavy atom. The Balaban J connectivity index is 2.18. The van der Waals surface area contributed by atoms with Crippen molar-refractivity contribution in [1.29, 1.82) is 0 Å². The van der Waals surface area contributed by atoms with E-state index in [4.69, 9.17) is 5.73 Å². The summed E-state index contributed by atoms with van der Waals surface area (Å²) in [5.41, 5.74) is 6.88. The highest BCUT2D eigenvalue weighted by atomic mass is 14.5. The number of rotatable bonds is 2. The molecule has 0 unspecified atom stereocenters. The molecule has 1 aliphatic rings. The Morgan fingerprint density at radius 3 is 2.56 bits per heavy atom. The van der Waals surface area contributed by atoms with Crippen LogP contribution in [-0.4, -0.2) is 6.54 Å². The second-order valence-electron chi connectivity index (χ2n) is 2.68. The van der Waals surface area contributed by atoms with E-state index in [1.807, 2.05) is 6.08 Å². The largest absolute Gasteiger partial charge is 0.254 e. The lowest BCUT2D eigenvalue weighted by atomic mass is 10.1.